The van der Waals surface area contributed by atoms with Gasteiger partial charge in [0.25, 0.3) is 0 Å². The number of benzene rings is 5. The van der Waals surface area contributed by atoms with E-state index in [9.17, 15) is 0 Å². The first kappa shape index (κ1) is 16.1. The Bertz CT molecular complexity index is 1260. The van der Waals surface area contributed by atoms with Gasteiger partial charge in [-0.1, -0.05) is 96.5 Å². The third-order valence-electron chi connectivity index (χ3n) is 5.10. The van der Waals surface area contributed by atoms with Crippen LogP contribution in [0.5, 0.6) is 0 Å². The van der Waals surface area contributed by atoms with Gasteiger partial charge in [-0.3, -0.25) is 0 Å². The molecule has 0 spiro atoms. The summed E-state index contributed by atoms with van der Waals surface area (Å²) in [7, 11) is 0. The van der Waals surface area contributed by atoms with Crippen LogP contribution in [0.3, 0.4) is 0 Å². The minimum Gasteiger partial charge on any atom is -0.0843 e. The molecule has 0 atom stereocenters. The van der Waals surface area contributed by atoms with Crippen molar-refractivity contribution in [3.05, 3.63) is 108 Å². The monoisotopic (exact) mass is 364 g/mol. The molecule has 5 aromatic rings. The van der Waals surface area contributed by atoms with Crippen molar-refractivity contribution in [2.24, 2.45) is 0 Å². The van der Waals surface area contributed by atoms with Crippen molar-refractivity contribution >= 4 is 33.1 Å². The molecule has 0 heterocycles. The molecule has 27 heavy (non-hydrogen) atoms. The predicted octanol–water partition coefficient (Wildman–Crippen LogP) is 7.98. The van der Waals surface area contributed by atoms with Crippen LogP contribution in [0, 0.1) is 0 Å². The second-order valence-corrected chi connectivity index (χ2v) is 7.22. The second kappa shape index (κ2) is 6.57. The van der Waals surface area contributed by atoms with E-state index >= 15 is 0 Å². The lowest BCUT2D eigenvalue weighted by Crippen LogP contribution is -1.85. The van der Waals surface area contributed by atoms with Crippen LogP contribution >= 0.6 is 11.6 Å². The first-order chi connectivity index (χ1) is 13.3. The number of hydrogen-bond acceptors (Lipinski definition) is 0. The van der Waals surface area contributed by atoms with Crippen molar-refractivity contribution in [3.8, 4) is 22.3 Å². The highest BCUT2D eigenvalue weighted by Gasteiger charge is 2.09. The molecule has 0 aromatic heterocycles. The van der Waals surface area contributed by atoms with Crippen LogP contribution < -0.4 is 0 Å². The van der Waals surface area contributed by atoms with Crippen LogP contribution in [0.2, 0.25) is 5.02 Å². The van der Waals surface area contributed by atoms with Crippen molar-refractivity contribution < 1.29 is 0 Å². The Balaban J connectivity index is 1.80. The van der Waals surface area contributed by atoms with Gasteiger partial charge in [0.2, 0.25) is 0 Å². The summed E-state index contributed by atoms with van der Waals surface area (Å²) in [5, 5.41) is 5.67. The summed E-state index contributed by atoms with van der Waals surface area (Å²) in [6.45, 7) is 0. The van der Waals surface area contributed by atoms with Crippen molar-refractivity contribution in [2.45, 2.75) is 0 Å². The molecule has 0 fully saturated rings. The van der Waals surface area contributed by atoms with Gasteiger partial charge < -0.3 is 0 Å². The quantitative estimate of drug-likeness (QED) is 0.298. The SMILES string of the molecule is Clc1cc(-c2ccccc2)c2cc(-c3cccc4ccccc34)ccc2c1. The lowest BCUT2D eigenvalue weighted by molar-refractivity contribution is 1.64. The van der Waals surface area contributed by atoms with E-state index in [1.807, 2.05) is 12.1 Å². The average Bonchev–Trinajstić information content (AvgIpc) is 2.73. The number of hydrogen-bond donors (Lipinski definition) is 0. The lowest BCUT2D eigenvalue weighted by Gasteiger charge is -2.12. The molecule has 0 amide bonds. The smallest absolute Gasteiger partial charge is 0.0418 e. The van der Waals surface area contributed by atoms with E-state index in [1.165, 1.54) is 38.4 Å². The summed E-state index contributed by atoms with van der Waals surface area (Å²) in [6.07, 6.45) is 0. The molecular formula is C26H17Cl. The molecule has 5 rings (SSSR count). The van der Waals surface area contributed by atoms with Gasteiger partial charge in [0.05, 0.1) is 0 Å². The highest BCUT2D eigenvalue weighted by molar-refractivity contribution is 6.32. The van der Waals surface area contributed by atoms with Gasteiger partial charge in [0, 0.05) is 5.02 Å². The van der Waals surface area contributed by atoms with Crippen molar-refractivity contribution in [2.75, 3.05) is 0 Å². The Kier molecular flexibility index (Phi) is 3.92. The molecule has 0 bridgehead atoms. The molecule has 0 N–H and O–H groups in total. The van der Waals surface area contributed by atoms with Crippen LogP contribution in [0.4, 0.5) is 0 Å². The largest absolute Gasteiger partial charge is 0.0843 e. The minimum absolute atomic E-state index is 0.763. The molecule has 1 heteroatoms. The molecule has 0 radical (unpaired) electrons. The average molecular weight is 365 g/mol. The Hall–Kier alpha value is -3.09. The van der Waals surface area contributed by atoms with E-state index in [-0.39, 0.29) is 0 Å². The number of halogens is 1. The minimum atomic E-state index is 0.763. The van der Waals surface area contributed by atoms with E-state index in [0.717, 1.165) is 10.4 Å². The zero-order valence-corrected chi connectivity index (χ0v) is 15.4. The summed E-state index contributed by atoms with van der Waals surface area (Å²) in [5.74, 6) is 0. The van der Waals surface area contributed by atoms with Crippen molar-refractivity contribution in [3.63, 3.8) is 0 Å². The Morgan fingerprint density at radius 2 is 1.22 bits per heavy atom. The van der Waals surface area contributed by atoms with E-state index in [1.54, 1.807) is 0 Å². The van der Waals surface area contributed by atoms with Crippen molar-refractivity contribution in [1.82, 2.24) is 0 Å². The summed E-state index contributed by atoms with van der Waals surface area (Å²) >= 11 is 6.41. The summed E-state index contributed by atoms with van der Waals surface area (Å²) in [5.41, 5.74) is 4.82. The fourth-order valence-electron chi connectivity index (χ4n) is 3.82. The maximum Gasteiger partial charge on any atom is 0.0418 e. The first-order valence-corrected chi connectivity index (χ1v) is 9.44. The molecule has 0 aliphatic carbocycles. The molecule has 0 saturated carbocycles. The summed E-state index contributed by atoms with van der Waals surface area (Å²) < 4.78 is 0. The molecule has 0 saturated heterocycles. The van der Waals surface area contributed by atoms with Crippen LogP contribution in [0.25, 0.3) is 43.8 Å². The van der Waals surface area contributed by atoms with E-state index in [4.69, 9.17) is 11.6 Å². The Labute approximate surface area is 163 Å². The van der Waals surface area contributed by atoms with Gasteiger partial charge in [-0.25, -0.2) is 0 Å². The van der Waals surface area contributed by atoms with Gasteiger partial charge >= 0.3 is 0 Å². The first-order valence-electron chi connectivity index (χ1n) is 9.06. The molecule has 0 aliphatic heterocycles. The zero-order chi connectivity index (χ0) is 18.2. The predicted molar refractivity (Wildman–Crippen MR) is 117 cm³/mol. The Morgan fingerprint density at radius 3 is 2.11 bits per heavy atom. The van der Waals surface area contributed by atoms with Gasteiger partial charge in [-0.05, 0) is 62.0 Å². The van der Waals surface area contributed by atoms with Crippen LogP contribution in [0.1, 0.15) is 0 Å². The molecule has 5 aromatic carbocycles. The van der Waals surface area contributed by atoms with E-state index in [0.29, 0.717) is 0 Å². The van der Waals surface area contributed by atoms with Gasteiger partial charge in [0.15, 0.2) is 0 Å². The second-order valence-electron chi connectivity index (χ2n) is 6.78. The summed E-state index contributed by atoms with van der Waals surface area (Å²) in [6, 6.07) is 36.2. The van der Waals surface area contributed by atoms with Crippen LogP contribution in [-0.2, 0) is 0 Å². The third-order valence-corrected chi connectivity index (χ3v) is 5.32. The highest BCUT2D eigenvalue weighted by Crippen LogP contribution is 2.36. The zero-order valence-electron chi connectivity index (χ0n) is 14.7. The number of fused-ring (bicyclic) bond motifs is 2. The highest BCUT2D eigenvalue weighted by atomic mass is 35.5. The fraction of sp³-hybridized carbons (Fsp3) is 0. The van der Waals surface area contributed by atoms with Crippen LogP contribution in [0.15, 0.2) is 103 Å². The maximum atomic E-state index is 6.41. The maximum absolute atomic E-state index is 6.41. The molecule has 0 aliphatic rings. The lowest BCUT2D eigenvalue weighted by atomic mass is 9.93. The van der Waals surface area contributed by atoms with Crippen LogP contribution in [-0.4, -0.2) is 0 Å². The van der Waals surface area contributed by atoms with Gasteiger partial charge in [0.1, 0.15) is 0 Å². The third kappa shape index (κ3) is 2.89. The standard InChI is InChI=1S/C26H17Cl/c27-22-15-20-13-14-21(24-12-6-10-18-9-4-5-11-23(18)24)16-25(20)26(17-22)19-7-2-1-3-8-19/h1-17H. The van der Waals surface area contributed by atoms with E-state index in [2.05, 4.69) is 91.0 Å². The number of rotatable bonds is 2. The van der Waals surface area contributed by atoms with E-state index < -0.39 is 0 Å². The normalized spacial score (nSPS) is 11.1. The molecule has 128 valence electrons. The molecule has 0 nitrogen and oxygen atoms in total. The Morgan fingerprint density at radius 1 is 0.444 bits per heavy atom. The van der Waals surface area contributed by atoms with Crippen molar-refractivity contribution in [1.29, 1.82) is 0 Å². The summed E-state index contributed by atoms with van der Waals surface area (Å²) in [4.78, 5) is 0. The van der Waals surface area contributed by atoms with Gasteiger partial charge in [-0.2, -0.15) is 0 Å². The topological polar surface area (TPSA) is 0 Å². The molecule has 0 unspecified atom stereocenters. The molecular weight excluding hydrogens is 348 g/mol. The fourth-order valence-corrected chi connectivity index (χ4v) is 4.05. The van der Waals surface area contributed by atoms with Gasteiger partial charge in [-0.15, -0.1) is 0 Å².